The fourth-order valence-corrected chi connectivity index (χ4v) is 2.19. The van der Waals surface area contributed by atoms with Crippen molar-refractivity contribution in [2.24, 2.45) is 0 Å². The molecule has 0 aromatic carbocycles. The fraction of sp³-hybridized carbons (Fsp3) is 0.692. The molecule has 19 heavy (non-hydrogen) atoms. The van der Waals surface area contributed by atoms with E-state index >= 15 is 0 Å². The molecule has 2 N–H and O–H groups in total. The molecular formula is C13H24N6. The van der Waals surface area contributed by atoms with Crippen LogP contribution in [0.25, 0.3) is 0 Å². The van der Waals surface area contributed by atoms with Gasteiger partial charge in [0.05, 0.1) is 18.1 Å². The molecule has 6 heteroatoms. The Kier molecular flexibility index (Phi) is 5.07. The van der Waals surface area contributed by atoms with Crippen LogP contribution in [0.2, 0.25) is 0 Å². The Morgan fingerprint density at radius 2 is 1.79 bits per heavy atom. The summed E-state index contributed by atoms with van der Waals surface area (Å²) >= 11 is 0. The van der Waals surface area contributed by atoms with Crippen molar-refractivity contribution in [2.45, 2.75) is 6.54 Å². The van der Waals surface area contributed by atoms with Gasteiger partial charge in [-0.3, -0.25) is 14.8 Å². The number of piperazine rings is 1. The number of nitrogen functional groups attached to an aromatic ring is 1. The summed E-state index contributed by atoms with van der Waals surface area (Å²) in [5.74, 6) is 0.484. The van der Waals surface area contributed by atoms with Crippen LogP contribution in [-0.2, 0) is 6.54 Å². The van der Waals surface area contributed by atoms with Crippen LogP contribution in [0.1, 0.15) is 5.69 Å². The first-order valence-corrected chi connectivity index (χ1v) is 6.79. The van der Waals surface area contributed by atoms with Crippen molar-refractivity contribution in [1.29, 1.82) is 0 Å². The molecule has 0 unspecified atom stereocenters. The van der Waals surface area contributed by atoms with E-state index in [1.807, 2.05) is 0 Å². The maximum Gasteiger partial charge on any atom is 0.141 e. The summed E-state index contributed by atoms with van der Waals surface area (Å²) < 4.78 is 0. The largest absolute Gasteiger partial charge is 0.382 e. The van der Waals surface area contributed by atoms with Crippen LogP contribution in [0.5, 0.6) is 0 Å². The average Bonchev–Trinajstić information content (AvgIpc) is 2.40. The topological polar surface area (TPSA) is 61.5 Å². The lowest BCUT2D eigenvalue weighted by molar-refractivity contribution is 0.119. The van der Waals surface area contributed by atoms with Crippen molar-refractivity contribution >= 4 is 5.82 Å². The molecular weight excluding hydrogens is 240 g/mol. The molecule has 0 radical (unpaired) electrons. The van der Waals surface area contributed by atoms with Gasteiger partial charge in [0, 0.05) is 45.8 Å². The molecule has 2 heterocycles. The highest BCUT2D eigenvalue weighted by molar-refractivity contribution is 5.22. The highest BCUT2D eigenvalue weighted by Crippen LogP contribution is 2.06. The van der Waals surface area contributed by atoms with Crippen LogP contribution in [-0.4, -0.2) is 78.0 Å². The standard InChI is InChI=1S/C13H24N6/c1-17(2)3-4-18-5-7-19(8-6-18)11-12-9-16-13(14)10-15-12/h9-10H,3-8,11H2,1-2H3,(H2,14,16). The van der Waals surface area contributed by atoms with E-state index in [1.165, 1.54) is 0 Å². The Bertz CT molecular complexity index is 369. The summed E-state index contributed by atoms with van der Waals surface area (Å²) in [6.45, 7) is 7.62. The monoisotopic (exact) mass is 264 g/mol. The highest BCUT2D eigenvalue weighted by atomic mass is 15.3. The lowest BCUT2D eigenvalue weighted by Gasteiger charge is -2.34. The molecule has 1 fully saturated rings. The summed E-state index contributed by atoms with van der Waals surface area (Å²) in [5, 5.41) is 0. The molecule has 0 bridgehead atoms. The minimum atomic E-state index is 0.484. The predicted octanol–water partition coefficient (Wildman–Crippen LogP) is -0.262. The van der Waals surface area contributed by atoms with E-state index in [4.69, 9.17) is 5.73 Å². The molecule has 0 amide bonds. The first kappa shape index (κ1) is 14.2. The Morgan fingerprint density at radius 3 is 2.37 bits per heavy atom. The molecule has 1 aliphatic rings. The number of nitrogens with two attached hydrogens (primary N) is 1. The molecule has 0 atom stereocenters. The maximum absolute atomic E-state index is 5.54. The third kappa shape index (κ3) is 4.74. The Balaban J connectivity index is 1.72. The van der Waals surface area contributed by atoms with Crippen molar-refractivity contribution < 1.29 is 0 Å². The van der Waals surface area contributed by atoms with Crippen LogP contribution < -0.4 is 5.73 Å². The number of rotatable bonds is 5. The van der Waals surface area contributed by atoms with Gasteiger partial charge in [0.2, 0.25) is 0 Å². The zero-order chi connectivity index (χ0) is 13.7. The summed E-state index contributed by atoms with van der Waals surface area (Å²) in [5.41, 5.74) is 6.53. The predicted molar refractivity (Wildman–Crippen MR) is 76.7 cm³/mol. The second kappa shape index (κ2) is 6.79. The second-order valence-corrected chi connectivity index (χ2v) is 5.35. The molecule has 106 valence electrons. The zero-order valence-corrected chi connectivity index (χ0v) is 11.9. The van der Waals surface area contributed by atoms with Gasteiger partial charge in [-0.1, -0.05) is 0 Å². The fourth-order valence-electron chi connectivity index (χ4n) is 2.19. The number of nitrogens with zero attached hydrogens (tertiary/aromatic N) is 5. The van der Waals surface area contributed by atoms with Gasteiger partial charge >= 0.3 is 0 Å². The van der Waals surface area contributed by atoms with Gasteiger partial charge in [-0.25, -0.2) is 4.98 Å². The third-order valence-corrected chi connectivity index (χ3v) is 3.44. The van der Waals surface area contributed by atoms with Gasteiger partial charge in [-0.15, -0.1) is 0 Å². The molecule has 1 aliphatic heterocycles. The van der Waals surface area contributed by atoms with Gasteiger partial charge in [0.25, 0.3) is 0 Å². The summed E-state index contributed by atoms with van der Waals surface area (Å²) in [6, 6.07) is 0. The third-order valence-electron chi connectivity index (χ3n) is 3.44. The Hall–Kier alpha value is -1.24. The lowest BCUT2D eigenvalue weighted by atomic mass is 10.3. The quantitative estimate of drug-likeness (QED) is 0.790. The molecule has 0 spiro atoms. The van der Waals surface area contributed by atoms with Gasteiger partial charge in [0.15, 0.2) is 0 Å². The van der Waals surface area contributed by atoms with E-state index in [1.54, 1.807) is 12.4 Å². The first-order valence-electron chi connectivity index (χ1n) is 6.79. The molecule has 2 rings (SSSR count). The molecule has 1 aromatic rings. The smallest absolute Gasteiger partial charge is 0.141 e. The van der Waals surface area contributed by atoms with Crippen LogP contribution in [0, 0.1) is 0 Å². The molecule has 1 saturated heterocycles. The number of hydrogen-bond acceptors (Lipinski definition) is 6. The van der Waals surface area contributed by atoms with Crippen molar-refractivity contribution in [3.05, 3.63) is 18.1 Å². The number of hydrogen-bond donors (Lipinski definition) is 1. The van der Waals surface area contributed by atoms with E-state index in [0.717, 1.165) is 51.5 Å². The second-order valence-electron chi connectivity index (χ2n) is 5.35. The van der Waals surface area contributed by atoms with Gasteiger partial charge < -0.3 is 10.6 Å². The Morgan fingerprint density at radius 1 is 1.11 bits per heavy atom. The number of likely N-dealkylation sites (N-methyl/N-ethyl adjacent to an activating group) is 1. The van der Waals surface area contributed by atoms with E-state index in [2.05, 4.69) is 38.8 Å². The van der Waals surface area contributed by atoms with Crippen molar-refractivity contribution in [3.8, 4) is 0 Å². The minimum Gasteiger partial charge on any atom is -0.382 e. The average molecular weight is 264 g/mol. The molecule has 0 saturated carbocycles. The Labute approximate surface area is 115 Å². The van der Waals surface area contributed by atoms with Gasteiger partial charge in [0.1, 0.15) is 5.82 Å². The van der Waals surface area contributed by atoms with Crippen LogP contribution in [0.4, 0.5) is 5.82 Å². The normalized spacial score (nSPS) is 18.1. The SMILES string of the molecule is CN(C)CCN1CCN(Cc2cnc(N)cn2)CC1. The summed E-state index contributed by atoms with van der Waals surface area (Å²) in [6.07, 6.45) is 3.40. The summed E-state index contributed by atoms with van der Waals surface area (Å²) in [7, 11) is 4.24. The highest BCUT2D eigenvalue weighted by Gasteiger charge is 2.17. The maximum atomic E-state index is 5.54. The van der Waals surface area contributed by atoms with E-state index in [9.17, 15) is 0 Å². The molecule has 1 aromatic heterocycles. The zero-order valence-electron chi connectivity index (χ0n) is 11.9. The van der Waals surface area contributed by atoms with Crippen LogP contribution in [0.3, 0.4) is 0 Å². The first-order chi connectivity index (χ1) is 9.13. The van der Waals surface area contributed by atoms with Crippen molar-refractivity contribution in [3.63, 3.8) is 0 Å². The van der Waals surface area contributed by atoms with Crippen molar-refractivity contribution in [1.82, 2.24) is 24.7 Å². The van der Waals surface area contributed by atoms with Gasteiger partial charge in [-0.05, 0) is 14.1 Å². The minimum absolute atomic E-state index is 0.484. The number of aromatic nitrogens is 2. The lowest BCUT2D eigenvalue weighted by Crippen LogP contribution is -2.47. The van der Waals surface area contributed by atoms with Crippen LogP contribution in [0.15, 0.2) is 12.4 Å². The molecule has 6 nitrogen and oxygen atoms in total. The summed E-state index contributed by atoms with van der Waals surface area (Å²) in [4.78, 5) is 15.6. The molecule has 0 aliphatic carbocycles. The van der Waals surface area contributed by atoms with E-state index in [-0.39, 0.29) is 0 Å². The van der Waals surface area contributed by atoms with Crippen LogP contribution >= 0.6 is 0 Å². The van der Waals surface area contributed by atoms with Crippen molar-refractivity contribution in [2.75, 3.05) is 59.1 Å². The van der Waals surface area contributed by atoms with Gasteiger partial charge in [-0.2, -0.15) is 0 Å². The van der Waals surface area contributed by atoms with E-state index < -0.39 is 0 Å². The van der Waals surface area contributed by atoms with E-state index in [0.29, 0.717) is 5.82 Å². The number of anilines is 1.